The Kier molecular flexibility index (Phi) is 7.04. The van der Waals surface area contributed by atoms with Crippen LogP contribution in [-0.4, -0.2) is 37.8 Å². The van der Waals surface area contributed by atoms with Gasteiger partial charge in [-0.2, -0.15) is 0 Å². The fourth-order valence-electron chi connectivity index (χ4n) is 3.03. The summed E-state index contributed by atoms with van der Waals surface area (Å²) in [7, 11) is 3.11. The maximum atomic E-state index is 12.6. The summed E-state index contributed by atoms with van der Waals surface area (Å²) in [5, 5.41) is 5.92. The average molecular weight is 415 g/mol. The Labute approximate surface area is 175 Å². The van der Waals surface area contributed by atoms with Crippen LogP contribution in [0, 0.1) is 5.92 Å². The second kappa shape index (κ2) is 9.69. The van der Waals surface area contributed by atoms with Crippen LogP contribution in [0.2, 0.25) is 0 Å². The predicted octanol–water partition coefficient (Wildman–Crippen LogP) is 3.96. The van der Waals surface area contributed by atoms with E-state index >= 15 is 0 Å². The van der Waals surface area contributed by atoms with Crippen LogP contribution in [0.25, 0.3) is 0 Å². The number of anilines is 1. The first-order valence-corrected chi connectivity index (χ1v) is 10.5. The highest BCUT2D eigenvalue weighted by molar-refractivity contribution is 8.00. The summed E-state index contributed by atoms with van der Waals surface area (Å²) >= 11 is 1.34. The molecule has 1 saturated carbocycles. The van der Waals surface area contributed by atoms with E-state index in [2.05, 4.69) is 10.6 Å². The minimum absolute atomic E-state index is 0.0900. The number of hydrogen-bond acceptors (Lipinski definition) is 5. The lowest BCUT2D eigenvalue weighted by molar-refractivity contribution is -0.113. The molecule has 29 heavy (non-hydrogen) atoms. The van der Waals surface area contributed by atoms with Gasteiger partial charge in [0, 0.05) is 22.7 Å². The third-order valence-corrected chi connectivity index (χ3v) is 5.92. The fourth-order valence-corrected chi connectivity index (χ4v) is 3.88. The maximum Gasteiger partial charge on any atom is 0.252 e. The Bertz CT molecular complexity index is 883. The summed E-state index contributed by atoms with van der Waals surface area (Å²) in [6, 6.07) is 12.7. The van der Waals surface area contributed by atoms with Crippen molar-refractivity contribution in [2.24, 2.45) is 5.92 Å². The highest BCUT2D eigenvalue weighted by Crippen LogP contribution is 2.33. The Hall–Kier alpha value is -2.67. The van der Waals surface area contributed by atoms with Gasteiger partial charge < -0.3 is 20.1 Å². The standard InChI is InChI=1S/C22H26N2O4S/c1-14(15-8-9-15)23-22(26)17-6-4-5-7-20(17)29-13-21(25)24-16-10-11-18(27-2)19(12-16)28-3/h4-7,10-12,14-15H,8-9,13H2,1-3H3,(H,23,26)(H,24,25)/t14-/m0/s1. The van der Waals surface area contributed by atoms with Gasteiger partial charge in [0.1, 0.15) is 0 Å². The Morgan fingerprint density at radius 3 is 2.52 bits per heavy atom. The smallest absolute Gasteiger partial charge is 0.252 e. The molecule has 0 radical (unpaired) electrons. The summed E-state index contributed by atoms with van der Waals surface area (Å²) in [4.78, 5) is 25.8. The normalized spacial score (nSPS) is 14.0. The molecule has 0 heterocycles. The lowest BCUT2D eigenvalue weighted by Crippen LogP contribution is -2.34. The Morgan fingerprint density at radius 2 is 1.83 bits per heavy atom. The topological polar surface area (TPSA) is 76.7 Å². The molecule has 0 unspecified atom stereocenters. The summed E-state index contributed by atoms with van der Waals surface area (Å²) in [6.45, 7) is 2.04. The number of carbonyl (C=O) groups excluding carboxylic acids is 2. The summed E-state index contributed by atoms with van der Waals surface area (Å²) in [5.74, 6) is 1.67. The van der Waals surface area contributed by atoms with Crippen molar-refractivity contribution in [2.45, 2.75) is 30.7 Å². The van der Waals surface area contributed by atoms with Gasteiger partial charge in [0.15, 0.2) is 11.5 Å². The van der Waals surface area contributed by atoms with Crippen molar-refractivity contribution in [3.63, 3.8) is 0 Å². The molecule has 2 aromatic carbocycles. The Balaban J connectivity index is 1.59. The van der Waals surface area contributed by atoms with Crippen molar-refractivity contribution in [1.82, 2.24) is 5.32 Å². The van der Waals surface area contributed by atoms with E-state index in [1.54, 1.807) is 38.5 Å². The number of rotatable bonds is 9. The zero-order chi connectivity index (χ0) is 20.8. The number of ether oxygens (including phenoxy) is 2. The van der Waals surface area contributed by atoms with Gasteiger partial charge in [-0.05, 0) is 49.9 Å². The van der Waals surface area contributed by atoms with E-state index < -0.39 is 0 Å². The van der Waals surface area contributed by atoms with Gasteiger partial charge in [0.05, 0.1) is 25.5 Å². The van der Waals surface area contributed by atoms with Gasteiger partial charge >= 0.3 is 0 Å². The lowest BCUT2D eigenvalue weighted by Gasteiger charge is -2.15. The molecule has 1 atom stereocenters. The zero-order valence-electron chi connectivity index (χ0n) is 16.9. The van der Waals surface area contributed by atoms with E-state index in [4.69, 9.17) is 9.47 Å². The maximum absolute atomic E-state index is 12.6. The van der Waals surface area contributed by atoms with Gasteiger partial charge in [0.25, 0.3) is 5.91 Å². The molecule has 0 aromatic heterocycles. The molecule has 1 fully saturated rings. The SMILES string of the molecule is COc1ccc(NC(=O)CSc2ccccc2C(=O)N[C@@H](C)C2CC2)cc1OC. The molecule has 0 aliphatic heterocycles. The molecule has 6 nitrogen and oxygen atoms in total. The second-order valence-electron chi connectivity index (χ2n) is 7.00. The minimum Gasteiger partial charge on any atom is -0.493 e. The molecule has 2 N–H and O–H groups in total. The van der Waals surface area contributed by atoms with E-state index in [0.717, 1.165) is 4.90 Å². The largest absolute Gasteiger partial charge is 0.493 e. The molecule has 154 valence electrons. The predicted molar refractivity (Wildman–Crippen MR) is 115 cm³/mol. The summed E-state index contributed by atoms with van der Waals surface area (Å²) in [5.41, 5.74) is 1.22. The quantitative estimate of drug-likeness (QED) is 0.608. The molecular formula is C22H26N2O4S. The molecule has 3 rings (SSSR count). The number of carbonyl (C=O) groups is 2. The number of hydrogen-bond donors (Lipinski definition) is 2. The third kappa shape index (κ3) is 5.67. The van der Waals surface area contributed by atoms with Crippen LogP contribution in [-0.2, 0) is 4.79 Å². The van der Waals surface area contributed by atoms with E-state index in [-0.39, 0.29) is 23.6 Å². The van der Waals surface area contributed by atoms with Gasteiger partial charge in [-0.3, -0.25) is 9.59 Å². The van der Waals surface area contributed by atoms with Crippen LogP contribution in [0.3, 0.4) is 0 Å². The molecule has 0 bridgehead atoms. The average Bonchev–Trinajstić information content (AvgIpc) is 3.57. The molecule has 1 aliphatic carbocycles. The molecule has 0 spiro atoms. The van der Waals surface area contributed by atoms with Crippen molar-refractivity contribution < 1.29 is 19.1 Å². The third-order valence-electron chi connectivity index (χ3n) is 4.85. The van der Waals surface area contributed by atoms with Crippen LogP contribution in [0.1, 0.15) is 30.1 Å². The molecule has 1 aliphatic rings. The van der Waals surface area contributed by atoms with Gasteiger partial charge in [0.2, 0.25) is 5.91 Å². The Morgan fingerprint density at radius 1 is 1.10 bits per heavy atom. The van der Waals surface area contributed by atoms with E-state index in [0.29, 0.717) is 28.7 Å². The number of benzene rings is 2. The summed E-state index contributed by atoms with van der Waals surface area (Å²) < 4.78 is 10.5. The van der Waals surface area contributed by atoms with Gasteiger partial charge in [-0.25, -0.2) is 0 Å². The first kappa shape index (κ1) is 21.0. The van der Waals surface area contributed by atoms with Crippen molar-refractivity contribution in [1.29, 1.82) is 0 Å². The first-order valence-electron chi connectivity index (χ1n) is 9.56. The van der Waals surface area contributed by atoms with E-state index in [1.165, 1.54) is 24.6 Å². The number of thioether (sulfide) groups is 1. The highest BCUT2D eigenvalue weighted by Gasteiger charge is 2.29. The number of amides is 2. The molecular weight excluding hydrogens is 388 g/mol. The number of nitrogens with one attached hydrogen (secondary N) is 2. The molecule has 0 saturated heterocycles. The first-order chi connectivity index (χ1) is 14.0. The lowest BCUT2D eigenvalue weighted by atomic mass is 10.1. The van der Waals surface area contributed by atoms with E-state index in [9.17, 15) is 9.59 Å². The van der Waals surface area contributed by atoms with Gasteiger partial charge in [-0.1, -0.05) is 12.1 Å². The molecule has 7 heteroatoms. The van der Waals surface area contributed by atoms with Crippen LogP contribution >= 0.6 is 11.8 Å². The zero-order valence-corrected chi connectivity index (χ0v) is 17.7. The van der Waals surface area contributed by atoms with Crippen LogP contribution < -0.4 is 20.1 Å². The van der Waals surface area contributed by atoms with Crippen LogP contribution in [0.4, 0.5) is 5.69 Å². The summed E-state index contributed by atoms with van der Waals surface area (Å²) in [6.07, 6.45) is 2.35. The van der Waals surface area contributed by atoms with Crippen LogP contribution in [0.5, 0.6) is 11.5 Å². The van der Waals surface area contributed by atoms with Gasteiger partial charge in [-0.15, -0.1) is 11.8 Å². The van der Waals surface area contributed by atoms with Crippen molar-refractivity contribution in [2.75, 3.05) is 25.3 Å². The van der Waals surface area contributed by atoms with Crippen molar-refractivity contribution >= 4 is 29.3 Å². The second-order valence-corrected chi connectivity index (χ2v) is 8.02. The number of methoxy groups -OCH3 is 2. The van der Waals surface area contributed by atoms with Crippen molar-refractivity contribution in [3.05, 3.63) is 48.0 Å². The minimum atomic E-state index is -0.163. The van der Waals surface area contributed by atoms with Crippen LogP contribution in [0.15, 0.2) is 47.4 Å². The molecule has 2 amide bonds. The fraction of sp³-hybridized carbons (Fsp3) is 0.364. The highest BCUT2D eigenvalue weighted by atomic mass is 32.2. The van der Waals surface area contributed by atoms with E-state index in [1.807, 2.05) is 25.1 Å². The molecule has 2 aromatic rings. The van der Waals surface area contributed by atoms with Crippen molar-refractivity contribution in [3.8, 4) is 11.5 Å². The monoisotopic (exact) mass is 414 g/mol.